The summed E-state index contributed by atoms with van der Waals surface area (Å²) in [6.45, 7) is 4.48. The third-order valence-electron chi connectivity index (χ3n) is 3.59. The molecule has 0 radical (unpaired) electrons. The van der Waals surface area contributed by atoms with Crippen molar-refractivity contribution in [3.63, 3.8) is 0 Å². The fraction of sp³-hybridized carbons (Fsp3) is 0.389. The van der Waals surface area contributed by atoms with E-state index >= 15 is 0 Å². The highest BCUT2D eigenvalue weighted by atomic mass is 16.6. The molecule has 2 rings (SSSR count). The average molecular weight is 362 g/mol. The van der Waals surface area contributed by atoms with Gasteiger partial charge in [0.15, 0.2) is 11.5 Å². The molecule has 0 saturated carbocycles. The van der Waals surface area contributed by atoms with E-state index in [1.807, 2.05) is 0 Å². The van der Waals surface area contributed by atoms with Crippen LogP contribution in [0.2, 0.25) is 0 Å². The van der Waals surface area contributed by atoms with Crippen LogP contribution in [0.1, 0.15) is 19.4 Å². The van der Waals surface area contributed by atoms with Crippen molar-refractivity contribution in [2.45, 2.75) is 13.8 Å². The summed E-state index contributed by atoms with van der Waals surface area (Å²) in [5.74, 6) is -0.478. The summed E-state index contributed by atoms with van der Waals surface area (Å²) in [6, 6.07) is 4.85. The molecule has 0 unspecified atom stereocenters. The van der Waals surface area contributed by atoms with Crippen molar-refractivity contribution in [2.24, 2.45) is 0 Å². The van der Waals surface area contributed by atoms with Crippen LogP contribution in [0.3, 0.4) is 0 Å². The minimum atomic E-state index is -0.465. The van der Waals surface area contributed by atoms with Crippen LogP contribution < -0.4 is 14.8 Å². The van der Waals surface area contributed by atoms with Crippen molar-refractivity contribution in [1.29, 1.82) is 0 Å². The second-order valence-corrected chi connectivity index (χ2v) is 5.65. The zero-order valence-electron chi connectivity index (χ0n) is 15.0. The van der Waals surface area contributed by atoms with Gasteiger partial charge in [-0.05, 0) is 23.8 Å². The molecule has 0 atom stereocenters. The molecule has 0 aliphatic carbocycles. The number of morpholine rings is 1. The molecule has 2 amide bonds. The van der Waals surface area contributed by atoms with Gasteiger partial charge in [-0.15, -0.1) is 0 Å². The molecule has 1 aliphatic heterocycles. The summed E-state index contributed by atoms with van der Waals surface area (Å²) in [5, 5.41) is 2.57. The second-order valence-electron chi connectivity index (χ2n) is 5.65. The maximum atomic E-state index is 12.7. The number of hydrogen-bond donors (Lipinski definition) is 1. The molecule has 1 saturated heterocycles. The van der Waals surface area contributed by atoms with E-state index in [0.29, 0.717) is 37.6 Å². The maximum absolute atomic E-state index is 12.7. The molecule has 0 aromatic heterocycles. The Kier molecular flexibility index (Phi) is 6.74. The number of nitrogens with zero attached hydrogens (tertiary/aromatic N) is 1. The lowest BCUT2D eigenvalue weighted by Gasteiger charge is -2.27. The fourth-order valence-electron chi connectivity index (χ4n) is 2.46. The molecule has 140 valence electrons. The lowest BCUT2D eigenvalue weighted by molar-refractivity contribution is -0.133. The predicted octanol–water partition coefficient (Wildman–Crippen LogP) is 0.956. The quantitative estimate of drug-likeness (QED) is 0.476. The number of methoxy groups -OCH3 is 1. The standard InChI is InChI=1S/C18H22N2O6/c1-12(21)19-15(18(23)20-6-8-25-9-7-20)10-14-4-5-16(26-13(2)22)17(11-14)24-3/h4-5,10-11H,6-9H2,1-3H3,(H,19,21)/b15-10-. The first-order valence-corrected chi connectivity index (χ1v) is 8.13. The van der Waals surface area contributed by atoms with Gasteiger partial charge < -0.3 is 24.4 Å². The summed E-state index contributed by atoms with van der Waals surface area (Å²) in [4.78, 5) is 36.9. The van der Waals surface area contributed by atoms with E-state index in [-0.39, 0.29) is 23.3 Å². The van der Waals surface area contributed by atoms with Gasteiger partial charge in [0.05, 0.1) is 20.3 Å². The van der Waals surface area contributed by atoms with Crippen LogP contribution in [0.4, 0.5) is 0 Å². The summed E-state index contributed by atoms with van der Waals surface area (Å²) >= 11 is 0. The topological polar surface area (TPSA) is 94.2 Å². The monoisotopic (exact) mass is 362 g/mol. The van der Waals surface area contributed by atoms with Gasteiger partial charge in [-0.3, -0.25) is 14.4 Å². The molecule has 0 bridgehead atoms. The van der Waals surface area contributed by atoms with Gasteiger partial charge in [0.1, 0.15) is 5.70 Å². The van der Waals surface area contributed by atoms with Crippen LogP contribution in [-0.4, -0.2) is 56.1 Å². The number of carbonyl (C=O) groups excluding carboxylic acids is 3. The zero-order valence-corrected chi connectivity index (χ0v) is 15.0. The van der Waals surface area contributed by atoms with Crippen molar-refractivity contribution in [1.82, 2.24) is 10.2 Å². The Hall–Kier alpha value is -2.87. The lowest BCUT2D eigenvalue weighted by atomic mass is 10.1. The number of rotatable bonds is 5. The van der Waals surface area contributed by atoms with E-state index in [9.17, 15) is 14.4 Å². The van der Waals surface area contributed by atoms with Crippen molar-refractivity contribution < 1.29 is 28.6 Å². The largest absolute Gasteiger partial charge is 0.493 e. The normalized spacial score (nSPS) is 14.6. The first kappa shape index (κ1) is 19.5. The first-order valence-electron chi connectivity index (χ1n) is 8.13. The average Bonchev–Trinajstić information content (AvgIpc) is 2.61. The van der Waals surface area contributed by atoms with Gasteiger partial charge in [0, 0.05) is 26.9 Å². The third kappa shape index (κ3) is 5.32. The minimum Gasteiger partial charge on any atom is -0.493 e. The van der Waals surface area contributed by atoms with Gasteiger partial charge in [-0.2, -0.15) is 0 Å². The Balaban J connectivity index is 2.31. The molecule has 26 heavy (non-hydrogen) atoms. The summed E-state index contributed by atoms with van der Waals surface area (Å²) in [5.41, 5.74) is 0.768. The SMILES string of the molecule is COc1cc(/C=C(\NC(C)=O)C(=O)N2CCOCC2)ccc1OC(C)=O. The van der Waals surface area contributed by atoms with Crippen molar-refractivity contribution in [3.05, 3.63) is 29.5 Å². The Morgan fingerprint density at radius 1 is 1.15 bits per heavy atom. The zero-order chi connectivity index (χ0) is 19.1. The van der Waals surface area contributed by atoms with Gasteiger partial charge in [-0.25, -0.2) is 0 Å². The Morgan fingerprint density at radius 3 is 2.42 bits per heavy atom. The van der Waals surface area contributed by atoms with Crippen molar-refractivity contribution >= 4 is 23.9 Å². The molecule has 1 fully saturated rings. The molecular weight excluding hydrogens is 340 g/mol. The van der Waals surface area contributed by atoms with Gasteiger partial charge in [-0.1, -0.05) is 6.07 Å². The molecule has 1 N–H and O–H groups in total. The van der Waals surface area contributed by atoms with Crippen LogP contribution in [0.15, 0.2) is 23.9 Å². The number of nitrogens with one attached hydrogen (secondary N) is 1. The number of benzene rings is 1. The molecule has 8 nitrogen and oxygen atoms in total. The second kappa shape index (κ2) is 9.00. The van der Waals surface area contributed by atoms with Crippen LogP contribution in [0.5, 0.6) is 11.5 Å². The number of esters is 1. The number of hydrogen-bond acceptors (Lipinski definition) is 6. The number of ether oxygens (including phenoxy) is 3. The van der Waals surface area contributed by atoms with Crippen LogP contribution in [-0.2, 0) is 19.1 Å². The van der Waals surface area contributed by atoms with Crippen LogP contribution in [0.25, 0.3) is 6.08 Å². The summed E-state index contributed by atoms with van der Waals surface area (Å²) < 4.78 is 15.5. The molecule has 1 aromatic rings. The smallest absolute Gasteiger partial charge is 0.308 e. The minimum absolute atomic E-state index is 0.154. The van der Waals surface area contributed by atoms with Crippen LogP contribution in [0, 0.1) is 0 Å². The Morgan fingerprint density at radius 2 is 1.85 bits per heavy atom. The van der Waals surface area contributed by atoms with E-state index in [2.05, 4.69) is 5.32 Å². The van der Waals surface area contributed by atoms with Gasteiger partial charge in [0.2, 0.25) is 5.91 Å². The summed E-state index contributed by atoms with van der Waals surface area (Å²) in [7, 11) is 1.45. The highest BCUT2D eigenvalue weighted by Crippen LogP contribution is 2.29. The third-order valence-corrected chi connectivity index (χ3v) is 3.59. The Labute approximate surface area is 151 Å². The highest BCUT2D eigenvalue weighted by molar-refractivity contribution is 6.01. The molecule has 1 aliphatic rings. The molecule has 1 aromatic carbocycles. The van der Waals surface area contributed by atoms with E-state index in [1.165, 1.54) is 21.0 Å². The Bertz CT molecular complexity index is 722. The van der Waals surface area contributed by atoms with E-state index in [0.717, 1.165) is 0 Å². The van der Waals surface area contributed by atoms with Gasteiger partial charge >= 0.3 is 5.97 Å². The molecular formula is C18H22N2O6. The number of amides is 2. The predicted molar refractivity (Wildman–Crippen MR) is 93.5 cm³/mol. The number of carbonyl (C=O) groups is 3. The van der Waals surface area contributed by atoms with E-state index < -0.39 is 5.97 Å². The van der Waals surface area contributed by atoms with E-state index in [4.69, 9.17) is 14.2 Å². The fourth-order valence-corrected chi connectivity index (χ4v) is 2.46. The van der Waals surface area contributed by atoms with E-state index in [1.54, 1.807) is 29.2 Å². The summed E-state index contributed by atoms with van der Waals surface area (Å²) in [6.07, 6.45) is 1.55. The first-order chi connectivity index (χ1) is 12.4. The molecule has 8 heteroatoms. The molecule has 0 spiro atoms. The molecule has 1 heterocycles. The van der Waals surface area contributed by atoms with Gasteiger partial charge in [0.25, 0.3) is 5.91 Å². The van der Waals surface area contributed by atoms with Crippen molar-refractivity contribution in [2.75, 3.05) is 33.4 Å². The lowest BCUT2D eigenvalue weighted by Crippen LogP contribution is -2.44. The highest BCUT2D eigenvalue weighted by Gasteiger charge is 2.21. The van der Waals surface area contributed by atoms with Crippen LogP contribution >= 0.6 is 0 Å². The maximum Gasteiger partial charge on any atom is 0.308 e. The van der Waals surface area contributed by atoms with Crippen molar-refractivity contribution in [3.8, 4) is 11.5 Å².